The molecular weight excluding hydrogens is 307 g/mol. The molecule has 0 saturated heterocycles. The van der Waals surface area contributed by atoms with Crippen LogP contribution in [0.3, 0.4) is 0 Å². The molecule has 2 heterocycles. The molecule has 0 amide bonds. The molecule has 5 nitrogen and oxygen atoms in total. The van der Waals surface area contributed by atoms with Gasteiger partial charge >= 0.3 is 6.18 Å². The summed E-state index contributed by atoms with van der Waals surface area (Å²) in [5, 5.41) is 10.6. The molecule has 0 aromatic carbocycles. The van der Waals surface area contributed by atoms with Crippen LogP contribution in [-0.4, -0.2) is 19.6 Å². The smallest absolute Gasteiger partial charge is 0.378 e. The van der Waals surface area contributed by atoms with Gasteiger partial charge in [0.15, 0.2) is 5.69 Å². The Bertz CT molecular complexity index is 603. The number of anilines is 1. The van der Waals surface area contributed by atoms with Crippen molar-refractivity contribution >= 4 is 18.1 Å². The summed E-state index contributed by atoms with van der Waals surface area (Å²) < 4.78 is 41.4. The molecule has 0 aliphatic carbocycles. The quantitative estimate of drug-likeness (QED) is 0.941. The topological polar surface area (TPSA) is 47.7 Å². The maximum Gasteiger partial charge on any atom is 0.435 e. The number of nitrogens with one attached hydrogen (secondary N) is 1. The zero-order valence-electron chi connectivity index (χ0n) is 11.9. The van der Waals surface area contributed by atoms with E-state index >= 15 is 0 Å². The highest BCUT2D eigenvalue weighted by Gasteiger charge is 2.36. The Morgan fingerprint density at radius 2 is 2.00 bits per heavy atom. The van der Waals surface area contributed by atoms with Crippen molar-refractivity contribution in [2.24, 2.45) is 7.05 Å². The molecule has 0 aliphatic rings. The summed E-state index contributed by atoms with van der Waals surface area (Å²) in [4.78, 5) is 0. The zero-order valence-corrected chi connectivity index (χ0v) is 12.7. The Hall–Kier alpha value is -1.70. The average Bonchev–Trinajstić information content (AvgIpc) is 2.89. The van der Waals surface area contributed by atoms with E-state index < -0.39 is 11.9 Å². The van der Waals surface area contributed by atoms with Crippen molar-refractivity contribution in [2.45, 2.75) is 33.1 Å². The average molecular weight is 324 g/mol. The van der Waals surface area contributed by atoms with Crippen LogP contribution in [0.15, 0.2) is 12.4 Å². The second-order valence-corrected chi connectivity index (χ2v) is 4.49. The van der Waals surface area contributed by atoms with Crippen LogP contribution in [0.2, 0.25) is 0 Å². The molecule has 0 bridgehead atoms. The van der Waals surface area contributed by atoms with E-state index in [4.69, 9.17) is 0 Å². The lowest BCUT2D eigenvalue weighted by atomic mass is 10.2. The first-order valence-electron chi connectivity index (χ1n) is 6.19. The van der Waals surface area contributed by atoms with Crippen molar-refractivity contribution in [3.63, 3.8) is 0 Å². The molecule has 0 fully saturated rings. The summed E-state index contributed by atoms with van der Waals surface area (Å²) in [6, 6.07) is 0. The number of hydrogen-bond acceptors (Lipinski definition) is 3. The van der Waals surface area contributed by atoms with Crippen LogP contribution in [0.1, 0.15) is 23.9 Å². The van der Waals surface area contributed by atoms with Crippen molar-refractivity contribution in [3.05, 3.63) is 29.3 Å². The van der Waals surface area contributed by atoms with Gasteiger partial charge in [-0.25, -0.2) is 0 Å². The van der Waals surface area contributed by atoms with Gasteiger partial charge in [0.2, 0.25) is 0 Å². The Morgan fingerprint density at radius 1 is 1.33 bits per heavy atom. The van der Waals surface area contributed by atoms with Gasteiger partial charge in [-0.15, -0.1) is 12.4 Å². The third-order valence-electron chi connectivity index (χ3n) is 3.05. The molecule has 21 heavy (non-hydrogen) atoms. The van der Waals surface area contributed by atoms with Gasteiger partial charge in [0.05, 0.1) is 17.6 Å². The summed E-state index contributed by atoms with van der Waals surface area (Å²) >= 11 is 0. The lowest BCUT2D eigenvalue weighted by molar-refractivity contribution is -0.142. The Balaban J connectivity index is 0.00000220. The summed E-state index contributed by atoms with van der Waals surface area (Å²) in [7, 11) is 1.47. The van der Waals surface area contributed by atoms with Gasteiger partial charge in [0.25, 0.3) is 0 Å². The molecule has 0 radical (unpaired) electrons. The zero-order chi connectivity index (χ0) is 14.9. The van der Waals surface area contributed by atoms with Crippen LogP contribution >= 0.6 is 12.4 Å². The Morgan fingerprint density at radius 3 is 2.52 bits per heavy atom. The number of rotatable bonds is 4. The van der Waals surface area contributed by atoms with Gasteiger partial charge < -0.3 is 5.32 Å². The lowest BCUT2D eigenvalue weighted by Gasteiger charge is -2.08. The summed E-state index contributed by atoms with van der Waals surface area (Å²) in [6.45, 7) is 4.59. The highest BCUT2D eigenvalue weighted by Crippen LogP contribution is 2.31. The minimum atomic E-state index is -4.44. The van der Waals surface area contributed by atoms with E-state index in [2.05, 4.69) is 15.5 Å². The number of nitrogens with zero attached hydrogens (tertiary/aromatic N) is 4. The van der Waals surface area contributed by atoms with Gasteiger partial charge in [-0.05, 0) is 13.8 Å². The molecule has 2 aromatic heterocycles. The molecule has 0 aliphatic heterocycles. The molecule has 9 heteroatoms. The maximum absolute atomic E-state index is 12.8. The molecule has 2 rings (SSSR count). The number of halogens is 4. The molecule has 0 atom stereocenters. The molecule has 0 saturated carbocycles. The molecule has 0 unspecified atom stereocenters. The molecular formula is C12H17ClF3N5. The van der Waals surface area contributed by atoms with Crippen LogP contribution in [0.4, 0.5) is 18.9 Å². The van der Waals surface area contributed by atoms with E-state index in [1.165, 1.54) is 17.9 Å². The van der Waals surface area contributed by atoms with Crippen molar-refractivity contribution in [1.82, 2.24) is 19.6 Å². The fourth-order valence-corrected chi connectivity index (χ4v) is 2.03. The van der Waals surface area contributed by atoms with Crippen LogP contribution in [0.25, 0.3) is 0 Å². The Labute approximate surface area is 126 Å². The van der Waals surface area contributed by atoms with Crippen LogP contribution in [0.5, 0.6) is 0 Å². The SMILES string of the molecule is CCn1ncc(NCc2cn(C)nc2C(F)(F)F)c1C.Cl. The van der Waals surface area contributed by atoms with Gasteiger partial charge in [-0.2, -0.15) is 23.4 Å². The predicted molar refractivity (Wildman–Crippen MR) is 75.4 cm³/mol. The summed E-state index contributed by atoms with van der Waals surface area (Å²) in [5.41, 5.74) is 0.880. The molecule has 0 spiro atoms. The fraction of sp³-hybridized carbons (Fsp3) is 0.500. The van der Waals surface area contributed by atoms with Gasteiger partial charge in [0, 0.05) is 31.9 Å². The van der Waals surface area contributed by atoms with Crippen molar-refractivity contribution < 1.29 is 13.2 Å². The third-order valence-corrected chi connectivity index (χ3v) is 3.05. The maximum atomic E-state index is 12.8. The number of alkyl halides is 3. The fourth-order valence-electron chi connectivity index (χ4n) is 2.03. The monoisotopic (exact) mass is 323 g/mol. The Kier molecular flexibility index (Phi) is 5.27. The third kappa shape index (κ3) is 3.69. The number of aromatic nitrogens is 4. The second kappa shape index (κ2) is 6.38. The van der Waals surface area contributed by atoms with Gasteiger partial charge in [0.1, 0.15) is 0 Å². The normalized spacial score (nSPS) is 11.3. The largest absolute Gasteiger partial charge is 0.435 e. The first-order valence-corrected chi connectivity index (χ1v) is 6.19. The number of hydrogen-bond donors (Lipinski definition) is 1. The van der Waals surface area contributed by atoms with E-state index in [0.29, 0.717) is 6.54 Å². The lowest BCUT2D eigenvalue weighted by Crippen LogP contribution is -2.11. The predicted octanol–water partition coefficient (Wildman–Crippen LogP) is 3.00. The van der Waals surface area contributed by atoms with E-state index in [-0.39, 0.29) is 24.5 Å². The summed E-state index contributed by atoms with van der Waals surface area (Å²) in [6.07, 6.45) is -1.46. The molecule has 2 aromatic rings. The van der Waals surface area contributed by atoms with E-state index in [1.807, 2.05) is 13.8 Å². The number of aryl methyl sites for hydroxylation is 2. The summed E-state index contributed by atoms with van der Waals surface area (Å²) in [5.74, 6) is 0. The van der Waals surface area contributed by atoms with Crippen LogP contribution in [0, 0.1) is 6.92 Å². The van der Waals surface area contributed by atoms with Crippen molar-refractivity contribution in [3.8, 4) is 0 Å². The van der Waals surface area contributed by atoms with E-state index in [1.54, 1.807) is 10.9 Å². The minimum absolute atomic E-state index is 0. The highest BCUT2D eigenvalue weighted by atomic mass is 35.5. The standard InChI is InChI=1S/C12H16F3N5.ClH/c1-4-20-8(2)10(6-17-20)16-5-9-7-19(3)18-11(9)12(13,14)15;/h6-7,16H,4-5H2,1-3H3;1H. The van der Waals surface area contributed by atoms with E-state index in [9.17, 15) is 13.2 Å². The first-order chi connectivity index (χ1) is 9.32. The molecule has 1 N–H and O–H groups in total. The van der Waals surface area contributed by atoms with E-state index in [0.717, 1.165) is 11.4 Å². The molecule has 118 valence electrons. The van der Waals surface area contributed by atoms with Gasteiger partial charge in [-0.3, -0.25) is 9.36 Å². The van der Waals surface area contributed by atoms with Crippen LogP contribution < -0.4 is 5.32 Å². The van der Waals surface area contributed by atoms with Crippen molar-refractivity contribution in [1.29, 1.82) is 0 Å². The highest BCUT2D eigenvalue weighted by molar-refractivity contribution is 5.85. The first kappa shape index (κ1) is 17.4. The van der Waals surface area contributed by atoms with Crippen LogP contribution in [-0.2, 0) is 26.3 Å². The van der Waals surface area contributed by atoms with Crippen molar-refractivity contribution in [2.75, 3.05) is 5.32 Å². The minimum Gasteiger partial charge on any atom is -0.378 e. The second-order valence-electron chi connectivity index (χ2n) is 4.49. The van der Waals surface area contributed by atoms with Gasteiger partial charge in [-0.1, -0.05) is 0 Å².